The smallest absolute Gasteiger partial charge is 0.246 e. The Morgan fingerprint density at radius 3 is 2.00 bits per heavy atom. The van der Waals surface area contributed by atoms with Crippen molar-refractivity contribution in [1.82, 2.24) is 13.9 Å². The van der Waals surface area contributed by atoms with Gasteiger partial charge >= 0.3 is 11.4 Å². The fourth-order valence-corrected chi connectivity index (χ4v) is 3.77. The number of allylic oxidation sites excluding steroid dienone is 2. The number of hydrogen-bond donors (Lipinski definition) is 0. The van der Waals surface area contributed by atoms with E-state index in [9.17, 15) is 9.59 Å². The molecule has 0 radical (unpaired) electrons. The summed E-state index contributed by atoms with van der Waals surface area (Å²) in [6, 6.07) is 0.351. The molecule has 0 saturated heterocycles. The second kappa shape index (κ2) is 3.49. The minimum atomic E-state index is -0.0937. The first kappa shape index (κ1) is 10.4. The van der Waals surface area contributed by atoms with Gasteiger partial charge < -0.3 is 0 Å². The lowest BCUT2D eigenvalue weighted by Crippen LogP contribution is -2.35. The lowest BCUT2D eigenvalue weighted by atomic mass is 9.95. The van der Waals surface area contributed by atoms with E-state index in [2.05, 4.69) is 12.2 Å². The van der Waals surface area contributed by atoms with Gasteiger partial charge in [-0.05, 0) is 19.3 Å². The van der Waals surface area contributed by atoms with Crippen molar-refractivity contribution in [3.8, 4) is 0 Å². The Bertz CT molecular complexity index is 584. The molecule has 96 valence electrons. The molecule has 5 heteroatoms. The third-order valence-corrected chi connectivity index (χ3v) is 4.64. The van der Waals surface area contributed by atoms with E-state index in [1.807, 2.05) is 0 Å². The molecule has 1 fully saturated rings. The summed E-state index contributed by atoms with van der Waals surface area (Å²) in [5.41, 5.74) is -0.187. The molecule has 2 heterocycles. The Hall–Kier alpha value is -1.52. The zero-order chi connectivity index (χ0) is 12.3. The summed E-state index contributed by atoms with van der Waals surface area (Å²) in [7, 11) is 0. The molecule has 0 spiro atoms. The van der Waals surface area contributed by atoms with E-state index in [4.69, 9.17) is 0 Å². The zero-order valence-electron chi connectivity index (χ0n) is 10.3. The predicted molar refractivity (Wildman–Crippen MR) is 66.9 cm³/mol. The average Bonchev–Trinajstić information content (AvgIpc) is 3.05. The van der Waals surface area contributed by atoms with Crippen molar-refractivity contribution in [2.24, 2.45) is 0 Å². The largest absolute Gasteiger partial charge is 0.347 e. The van der Waals surface area contributed by atoms with Crippen LogP contribution in [0, 0.1) is 0 Å². The maximum absolute atomic E-state index is 12.4. The molecule has 1 aliphatic heterocycles. The van der Waals surface area contributed by atoms with Crippen molar-refractivity contribution in [3.63, 3.8) is 0 Å². The fourth-order valence-electron chi connectivity index (χ4n) is 3.77. The van der Waals surface area contributed by atoms with Gasteiger partial charge in [0.2, 0.25) is 0 Å². The van der Waals surface area contributed by atoms with E-state index in [0.29, 0.717) is 0 Å². The molecule has 2 aliphatic carbocycles. The van der Waals surface area contributed by atoms with Crippen LogP contribution in [0.25, 0.3) is 0 Å². The maximum atomic E-state index is 12.4. The van der Waals surface area contributed by atoms with E-state index in [1.54, 1.807) is 9.36 Å². The van der Waals surface area contributed by atoms with Gasteiger partial charge in [0, 0.05) is 6.04 Å². The summed E-state index contributed by atoms with van der Waals surface area (Å²) in [5, 5.41) is 0. The van der Waals surface area contributed by atoms with Gasteiger partial charge in [-0.25, -0.2) is 23.5 Å². The van der Waals surface area contributed by atoms with E-state index < -0.39 is 0 Å². The number of fused-ring (bicyclic) bond motifs is 5. The molecule has 0 aromatic carbocycles. The highest BCUT2D eigenvalue weighted by Gasteiger charge is 2.38. The van der Waals surface area contributed by atoms with Crippen molar-refractivity contribution in [2.75, 3.05) is 0 Å². The normalized spacial score (nSPS) is 30.0. The molecule has 3 aliphatic rings. The summed E-state index contributed by atoms with van der Waals surface area (Å²) < 4.78 is 4.86. The van der Waals surface area contributed by atoms with Gasteiger partial charge in [-0.3, -0.25) is 0 Å². The van der Waals surface area contributed by atoms with Gasteiger partial charge in [0.15, 0.2) is 0 Å². The first-order chi connectivity index (χ1) is 8.77. The molecule has 2 atom stereocenters. The van der Waals surface area contributed by atoms with Gasteiger partial charge in [-0.15, -0.1) is 0 Å². The molecule has 1 aromatic heterocycles. The van der Waals surface area contributed by atoms with Gasteiger partial charge in [0.25, 0.3) is 0 Å². The number of rotatable bonds is 1. The molecule has 0 N–H and O–H groups in total. The Morgan fingerprint density at radius 2 is 1.44 bits per heavy atom. The highest BCUT2D eigenvalue weighted by atomic mass is 16.2. The lowest BCUT2D eigenvalue weighted by Gasteiger charge is -2.21. The van der Waals surface area contributed by atoms with E-state index in [1.165, 1.54) is 11.0 Å². The van der Waals surface area contributed by atoms with Crippen molar-refractivity contribution < 1.29 is 0 Å². The summed E-state index contributed by atoms with van der Waals surface area (Å²) in [4.78, 5) is 24.9. The minimum absolute atomic E-state index is 0.0937. The minimum Gasteiger partial charge on any atom is -0.246 e. The molecule has 2 bridgehead atoms. The quantitative estimate of drug-likeness (QED) is 0.704. The zero-order valence-corrected chi connectivity index (χ0v) is 10.3. The molecule has 1 aromatic rings. The van der Waals surface area contributed by atoms with E-state index in [0.717, 1.165) is 32.1 Å². The van der Waals surface area contributed by atoms with Crippen LogP contribution >= 0.6 is 0 Å². The van der Waals surface area contributed by atoms with Crippen LogP contribution in [0.15, 0.2) is 21.7 Å². The van der Waals surface area contributed by atoms with Crippen LogP contribution in [0.4, 0.5) is 0 Å². The lowest BCUT2D eigenvalue weighted by molar-refractivity contribution is 0.335. The summed E-state index contributed by atoms with van der Waals surface area (Å²) in [6.45, 7) is 0. The maximum Gasteiger partial charge on any atom is 0.347 e. The second-order valence-electron chi connectivity index (χ2n) is 5.67. The molecule has 18 heavy (non-hydrogen) atoms. The Labute approximate surface area is 104 Å². The summed E-state index contributed by atoms with van der Waals surface area (Å²) >= 11 is 0. The number of aromatic nitrogens is 3. The van der Waals surface area contributed by atoms with Crippen LogP contribution < -0.4 is 11.4 Å². The molecular formula is C13H17N3O2. The third-order valence-electron chi connectivity index (χ3n) is 4.64. The Balaban J connectivity index is 1.87. The fraction of sp³-hybridized carbons (Fsp3) is 0.692. The van der Waals surface area contributed by atoms with Gasteiger partial charge in [0.1, 0.15) is 0 Å². The summed E-state index contributed by atoms with van der Waals surface area (Å²) in [5.74, 6) is 0. The van der Waals surface area contributed by atoms with E-state index in [-0.39, 0.29) is 29.5 Å². The van der Waals surface area contributed by atoms with Crippen LogP contribution in [0.3, 0.4) is 0 Å². The van der Waals surface area contributed by atoms with Crippen LogP contribution in [-0.4, -0.2) is 13.9 Å². The summed E-state index contributed by atoms with van der Waals surface area (Å²) in [6.07, 6.45) is 10.4. The third kappa shape index (κ3) is 1.17. The van der Waals surface area contributed by atoms with Gasteiger partial charge in [0.05, 0.1) is 12.1 Å². The standard InChI is InChI=1S/C13H17N3O2/c17-12-14(9-4-2-1-3-5-9)13(18)16-11-7-6-10(8-11)15(12)16/h6-7,9-11H,1-5,8H2/t10-,11+. The first-order valence-electron chi connectivity index (χ1n) is 6.91. The first-order valence-corrected chi connectivity index (χ1v) is 6.91. The van der Waals surface area contributed by atoms with Gasteiger partial charge in [-0.1, -0.05) is 31.4 Å². The highest BCUT2D eigenvalue weighted by molar-refractivity contribution is 5.13. The topological polar surface area (TPSA) is 48.9 Å². The average molecular weight is 247 g/mol. The van der Waals surface area contributed by atoms with Crippen molar-refractivity contribution in [3.05, 3.63) is 33.1 Å². The Kier molecular flexibility index (Phi) is 2.02. The van der Waals surface area contributed by atoms with Gasteiger partial charge in [-0.2, -0.15) is 0 Å². The van der Waals surface area contributed by atoms with E-state index >= 15 is 0 Å². The van der Waals surface area contributed by atoms with Crippen LogP contribution in [0.5, 0.6) is 0 Å². The van der Waals surface area contributed by atoms with Crippen molar-refractivity contribution in [1.29, 1.82) is 0 Å². The molecular weight excluding hydrogens is 230 g/mol. The molecule has 5 nitrogen and oxygen atoms in total. The predicted octanol–water partition coefficient (Wildman–Crippen LogP) is 1.37. The SMILES string of the molecule is O=c1n(C2CCCCC2)c(=O)n2n1[C@@H]1C=C[C@H]2C1. The molecule has 4 rings (SSSR count). The van der Waals surface area contributed by atoms with Crippen molar-refractivity contribution >= 4 is 0 Å². The van der Waals surface area contributed by atoms with Crippen LogP contribution in [0.2, 0.25) is 0 Å². The molecule has 0 amide bonds. The Morgan fingerprint density at radius 1 is 0.889 bits per heavy atom. The molecule has 1 saturated carbocycles. The monoisotopic (exact) mass is 247 g/mol. The molecule has 0 unspecified atom stereocenters. The van der Waals surface area contributed by atoms with Crippen molar-refractivity contribution in [2.45, 2.75) is 56.7 Å². The highest BCUT2D eigenvalue weighted by Crippen LogP contribution is 2.36. The second-order valence-corrected chi connectivity index (χ2v) is 5.67. The number of nitrogens with zero attached hydrogens (tertiary/aromatic N) is 3. The number of hydrogen-bond acceptors (Lipinski definition) is 2. The van der Waals surface area contributed by atoms with Crippen LogP contribution in [-0.2, 0) is 0 Å². The van der Waals surface area contributed by atoms with Crippen LogP contribution in [0.1, 0.15) is 56.7 Å².